The van der Waals surface area contributed by atoms with Crippen LogP contribution in [0.5, 0.6) is 5.75 Å². The number of likely N-dealkylation sites (tertiary alicyclic amines) is 1. The summed E-state index contributed by atoms with van der Waals surface area (Å²) >= 11 is 0. The number of carbonyl (C=O) groups is 1. The number of amides is 1. The zero-order chi connectivity index (χ0) is 22.2. The quantitative estimate of drug-likeness (QED) is 0.562. The number of benzene rings is 2. The molecule has 0 aliphatic carbocycles. The van der Waals surface area contributed by atoms with Crippen LogP contribution in [0.15, 0.2) is 60.8 Å². The second kappa shape index (κ2) is 10.9. The highest BCUT2D eigenvalue weighted by Crippen LogP contribution is 2.17. The first-order chi connectivity index (χ1) is 15.7. The summed E-state index contributed by atoms with van der Waals surface area (Å²) in [6, 6.07) is 18.4. The number of carbonyl (C=O) groups excluding carboxylic acids is 1. The lowest BCUT2D eigenvalue weighted by Crippen LogP contribution is -2.39. The molecule has 168 valence electrons. The van der Waals surface area contributed by atoms with Gasteiger partial charge in [-0.15, -0.1) is 5.10 Å². The van der Waals surface area contributed by atoms with Crippen LogP contribution in [0.4, 0.5) is 0 Å². The fourth-order valence-corrected chi connectivity index (χ4v) is 4.07. The van der Waals surface area contributed by atoms with Gasteiger partial charge in [-0.2, -0.15) is 0 Å². The maximum atomic E-state index is 12.5. The molecule has 1 aromatic heterocycles. The largest absolute Gasteiger partial charge is 0.497 e. The second-order valence-electron chi connectivity index (χ2n) is 8.38. The molecule has 4 rings (SSSR count). The summed E-state index contributed by atoms with van der Waals surface area (Å²) in [4.78, 5) is 15.0. The van der Waals surface area contributed by atoms with Gasteiger partial charge in [0.15, 0.2) is 5.69 Å². The van der Waals surface area contributed by atoms with Gasteiger partial charge in [-0.1, -0.05) is 47.7 Å². The van der Waals surface area contributed by atoms with Gasteiger partial charge in [0.25, 0.3) is 5.91 Å². The number of rotatable bonds is 9. The molecule has 7 nitrogen and oxygen atoms in total. The van der Waals surface area contributed by atoms with E-state index >= 15 is 0 Å². The van der Waals surface area contributed by atoms with E-state index in [4.69, 9.17) is 4.74 Å². The summed E-state index contributed by atoms with van der Waals surface area (Å²) in [6.07, 6.45) is 5.01. The standard InChI is InChI=1S/C25H31N5O2/c1-32-23-9-7-22(8-10-23)18-30-19-24(27-28-30)25(31)26-17-21-12-15-29(16-13-21)14-11-20-5-3-2-4-6-20/h2-10,19,21H,11-18H2,1H3,(H,26,31). The molecular formula is C25H31N5O2. The highest BCUT2D eigenvalue weighted by molar-refractivity contribution is 5.91. The number of methoxy groups -OCH3 is 1. The van der Waals surface area contributed by atoms with Crippen LogP contribution in [0.25, 0.3) is 0 Å². The normalized spacial score (nSPS) is 14.9. The van der Waals surface area contributed by atoms with Crippen LogP contribution in [0, 0.1) is 5.92 Å². The number of hydrogen-bond acceptors (Lipinski definition) is 5. The number of aromatic nitrogens is 3. The highest BCUT2D eigenvalue weighted by atomic mass is 16.5. The van der Waals surface area contributed by atoms with Crippen molar-refractivity contribution < 1.29 is 9.53 Å². The molecule has 0 spiro atoms. The van der Waals surface area contributed by atoms with Gasteiger partial charge in [-0.25, -0.2) is 4.68 Å². The van der Waals surface area contributed by atoms with Crippen LogP contribution < -0.4 is 10.1 Å². The Bertz CT molecular complexity index is 979. The van der Waals surface area contributed by atoms with Crippen LogP contribution in [0.2, 0.25) is 0 Å². The molecule has 2 aromatic carbocycles. The van der Waals surface area contributed by atoms with Crippen molar-refractivity contribution in [1.29, 1.82) is 0 Å². The first-order valence-electron chi connectivity index (χ1n) is 11.3. The first-order valence-corrected chi connectivity index (χ1v) is 11.3. The number of hydrogen-bond donors (Lipinski definition) is 1. The van der Waals surface area contributed by atoms with E-state index in [2.05, 4.69) is 50.9 Å². The van der Waals surface area contributed by atoms with Crippen molar-refractivity contribution in [2.75, 3.05) is 33.3 Å². The lowest BCUT2D eigenvalue weighted by molar-refractivity contribution is 0.0931. The fourth-order valence-electron chi connectivity index (χ4n) is 4.07. The molecule has 0 atom stereocenters. The van der Waals surface area contributed by atoms with Gasteiger partial charge in [0, 0.05) is 13.1 Å². The predicted molar refractivity (Wildman–Crippen MR) is 124 cm³/mol. The first kappa shape index (κ1) is 22.0. The van der Waals surface area contributed by atoms with E-state index in [1.54, 1.807) is 18.0 Å². The van der Waals surface area contributed by atoms with Gasteiger partial charge >= 0.3 is 0 Å². The van der Waals surface area contributed by atoms with E-state index in [-0.39, 0.29) is 5.91 Å². The van der Waals surface area contributed by atoms with Crippen LogP contribution in [0.1, 0.15) is 34.5 Å². The molecule has 1 aliphatic rings. The van der Waals surface area contributed by atoms with Crippen LogP contribution >= 0.6 is 0 Å². The SMILES string of the molecule is COc1ccc(Cn2cc(C(=O)NCC3CCN(CCc4ccccc4)CC3)nn2)cc1. The van der Waals surface area contributed by atoms with E-state index in [1.807, 2.05) is 24.3 Å². The van der Waals surface area contributed by atoms with Crippen molar-refractivity contribution in [3.8, 4) is 5.75 Å². The zero-order valence-corrected chi connectivity index (χ0v) is 18.6. The van der Waals surface area contributed by atoms with Crippen LogP contribution in [-0.4, -0.2) is 59.1 Å². The Labute approximate surface area is 189 Å². The van der Waals surface area contributed by atoms with Crippen molar-refractivity contribution in [2.45, 2.75) is 25.8 Å². The average molecular weight is 434 g/mol. The molecule has 2 heterocycles. The smallest absolute Gasteiger partial charge is 0.273 e. The third kappa shape index (κ3) is 6.17. The highest BCUT2D eigenvalue weighted by Gasteiger charge is 2.20. The summed E-state index contributed by atoms with van der Waals surface area (Å²) in [5, 5.41) is 11.2. The Hall–Kier alpha value is -3.19. The summed E-state index contributed by atoms with van der Waals surface area (Å²) in [5.41, 5.74) is 2.82. The summed E-state index contributed by atoms with van der Waals surface area (Å²) < 4.78 is 6.86. The molecule has 1 aliphatic heterocycles. The Balaban J connectivity index is 1.17. The summed E-state index contributed by atoms with van der Waals surface area (Å²) in [6.45, 7) is 4.53. The van der Waals surface area contributed by atoms with Gasteiger partial charge < -0.3 is 15.0 Å². The molecule has 0 unspecified atom stereocenters. The van der Waals surface area contributed by atoms with Crippen molar-refractivity contribution in [2.24, 2.45) is 5.92 Å². The molecule has 3 aromatic rings. The molecule has 1 amide bonds. The fraction of sp³-hybridized carbons (Fsp3) is 0.400. The lowest BCUT2D eigenvalue weighted by atomic mass is 9.96. The topological polar surface area (TPSA) is 72.3 Å². The third-order valence-corrected chi connectivity index (χ3v) is 6.09. The van der Waals surface area contributed by atoms with Crippen molar-refractivity contribution in [3.05, 3.63) is 77.6 Å². The van der Waals surface area contributed by atoms with Crippen LogP contribution in [-0.2, 0) is 13.0 Å². The maximum Gasteiger partial charge on any atom is 0.273 e. The van der Waals surface area contributed by atoms with Crippen molar-refractivity contribution in [1.82, 2.24) is 25.2 Å². The molecule has 0 saturated carbocycles. The second-order valence-corrected chi connectivity index (χ2v) is 8.38. The predicted octanol–water partition coefficient (Wildman–Crippen LogP) is 3.02. The Morgan fingerprint density at radius 3 is 2.53 bits per heavy atom. The minimum absolute atomic E-state index is 0.155. The molecule has 32 heavy (non-hydrogen) atoms. The van der Waals surface area contributed by atoms with Gasteiger partial charge in [-0.3, -0.25) is 4.79 Å². The zero-order valence-electron chi connectivity index (χ0n) is 18.6. The minimum Gasteiger partial charge on any atom is -0.497 e. The number of nitrogens with zero attached hydrogens (tertiary/aromatic N) is 4. The Morgan fingerprint density at radius 2 is 1.81 bits per heavy atom. The molecule has 1 fully saturated rings. The third-order valence-electron chi connectivity index (χ3n) is 6.09. The number of ether oxygens (including phenoxy) is 1. The van der Waals surface area contributed by atoms with E-state index in [9.17, 15) is 4.79 Å². The Morgan fingerprint density at radius 1 is 1.06 bits per heavy atom. The number of piperidine rings is 1. The molecule has 1 saturated heterocycles. The lowest BCUT2D eigenvalue weighted by Gasteiger charge is -2.32. The van der Waals surface area contributed by atoms with Gasteiger partial charge in [0.05, 0.1) is 19.9 Å². The number of nitrogens with one attached hydrogen (secondary N) is 1. The maximum absolute atomic E-state index is 12.5. The van der Waals surface area contributed by atoms with E-state index < -0.39 is 0 Å². The van der Waals surface area contributed by atoms with E-state index in [0.717, 1.165) is 50.2 Å². The van der Waals surface area contributed by atoms with E-state index in [1.165, 1.54) is 5.56 Å². The molecular weight excluding hydrogens is 402 g/mol. The van der Waals surface area contributed by atoms with Gasteiger partial charge in [0.1, 0.15) is 5.75 Å². The summed E-state index contributed by atoms with van der Waals surface area (Å²) in [5.74, 6) is 1.17. The van der Waals surface area contributed by atoms with Crippen molar-refractivity contribution in [3.63, 3.8) is 0 Å². The molecule has 1 N–H and O–H groups in total. The monoisotopic (exact) mass is 433 g/mol. The molecule has 0 bridgehead atoms. The van der Waals surface area contributed by atoms with Crippen molar-refractivity contribution >= 4 is 5.91 Å². The van der Waals surface area contributed by atoms with Crippen LogP contribution in [0.3, 0.4) is 0 Å². The molecule has 0 radical (unpaired) electrons. The van der Waals surface area contributed by atoms with Gasteiger partial charge in [0.2, 0.25) is 0 Å². The Kier molecular flexibility index (Phi) is 7.51. The minimum atomic E-state index is -0.155. The van der Waals surface area contributed by atoms with Gasteiger partial charge in [-0.05, 0) is 61.5 Å². The summed E-state index contributed by atoms with van der Waals surface area (Å²) in [7, 11) is 1.65. The molecule has 7 heteroatoms. The van der Waals surface area contributed by atoms with E-state index in [0.29, 0.717) is 24.7 Å². The average Bonchev–Trinajstić information content (AvgIpc) is 3.31.